The highest BCUT2D eigenvalue weighted by Gasteiger charge is 2.04. The Hall–Kier alpha value is -0.930. The topological polar surface area (TPSA) is 21.3 Å². The van der Waals surface area contributed by atoms with Gasteiger partial charge in [0.1, 0.15) is 5.82 Å². The molecule has 0 radical (unpaired) electrons. The first kappa shape index (κ1) is 15.1. The summed E-state index contributed by atoms with van der Waals surface area (Å²) in [7, 11) is 0. The molecule has 0 aliphatic rings. The predicted octanol–water partition coefficient (Wildman–Crippen LogP) is 3.54. The minimum Gasteiger partial charge on any atom is -0.381 e. The van der Waals surface area contributed by atoms with Crippen LogP contribution in [0.1, 0.15) is 38.8 Å². The molecule has 0 spiro atoms. The molecule has 1 N–H and O–H groups in total. The van der Waals surface area contributed by atoms with Gasteiger partial charge >= 0.3 is 0 Å². The fourth-order valence-corrected chi connectivity index (χ4v) is 1.71. The van der Waals surface area contributed by atoms with Gasteiger partial charge in [-0.3, -0.25) is 0 Å². The molecule has 0 aliphatic carbocycles. The molecular weight excluding hydrogens is 229 g/mol. The van der Waals surface area contributed by atoms with Crippen LogP contribution in [0.25, 0.3) is 0 Å². The van der Waals surface area contributed by atoms with Crippen LogP contribution in [0.5, 0.6) is 0 Å². The lowest BCUT2D eigenvalue weighted by Gasteiger charge is -2.14. The number of hydrogen-bond donors (Lipinski definition) is 1. The molecular formula is C15H24FNO. The van der Waals surface area contributed by atoms with Gasteiger partial charge in [-0.25, -0.2) is 4.39 Å². The molecule has 0 saturated heterocycles. The molecule has 0 bridgehead atoms. The van der Waals surface area contributed by atoms with Gasteiger partial charge < -0.3 is 10.1 Å². The summed E-state index contributed by atoms with van der Waals surface area (Å²) in [6.45, 7) is 8.81. The van der Waals surface area contributed by atoms with E-state index in [4.69, 9.17) is 4.74 Å². The first-order valence-corrected chi connectivity index (χ1v) is 6.66. The molecule has 1 aromatic carbocycles. The summed E-state index contributed by atoms with van der Waals surface area (Å²) in [5.74, 6) is 0.408. The van der Waals surface area contributed by atoms with Gasteiger partial charge in [0.15, 0.2) is 0 Å². The van der Waals surface area contributed by atoms with Crippen molar-refractivity contribution in [3.63, 3.8) is 0 Å². The van der Waals surface area contributed by atoms with Crippen molar-refractivity contribution in [3.8, 4) is 0 Å². The summed E-state index contributed by atoms with van der Waals surface area (Å²) >= 11 is 0. The quantitative estimate of drug-likeness (QED) is 0.715. The van der Waals surface area contributed by atoms with Crippen LogP contribution in [-0.2, 0) is 4.74 Å². The third-order valence-corrected chi connectivity index (χ3v) is 2.72. The van der Waals surface area contributed by atoms with Crippen molar-refractivity contribution in [1.29, 1.82) is 0 Å². The number of hydrogen-bond acceptors (Lipinski definition) is 2. The van der Waals surface area contributed by atoms with Gasteiger partial charge in [0, 0.05) is 19.3 Å². The van der Waals surface area contributed by atoms with E-state index in [-0.39, 0.29) is 11.9 Å². The molecule has 1 aromatic rings. The van der Waals surface area contributed by atoms with E-state index in [0.717, 1.165) is 31.7 Å². The van der Waals surface area contributed by atoms with Gasteiger partial charge in [0.25, 0.3) is 0 Å². The Morgan fingerprint density at radius 3 is 2.72 bits per heavy atom. The molecule has 0 aliphatic heterocycles. The van der Waals surface area contributed by atoms with Crippen LogP contribution >= 0.6 is 0 Å². The predicted molar refractivity (Wildman–Crippen MR) is 73.1 cm³/mol. The lowest BCUT2D eigenvalue weighted by atomic mass is 10.1. The van der Waals surface area contributed by atoms with Crippen molar-refractivity contribution >= 4 is 0 Å². The Balaban J connectivity index is 2.15. The zero-order valence-corrected chi connectivity index (χ0v) is 11.6. The van der Waals surface area contributed by atoms with Crippen LogP contribution in [0.3, 0.4) is 0 Å². The van der Waals surface area contributed by atoms with E-state index in [0.29, 0.717) is 5.92 Å². The molecule has 1 unspecified atom stereocenters. The molecule has 3 heteroatoms. The molecule has 1 rings (SSSR count). The van der Waals surface area contributed by atoms with Gasteiger partial charge in [-0.1, -0.05) is 26.0 Å². The summed E-state index contributed by atoms with van der Waals surface area (Å²) in [4.78, 5) is 0. The van der Waals surface area contributed by atoms with E-state index in [9.17, 15) is 4.39 Å². The lowest BCUT2D eigenvalue weighted by Crippen LogP contribution is -2.21. The smallest absolute Gasteiger partial charge is 0.123 e. The summed E-state index contributed by atoms with van der Waals surface area (Å²) in [5.41, 5.74) is 0.984. The summed E-state index contributed by atoms with van der Waals surface area (Å²) in [5, 5.41) is 3.37. The van der Waals surface area contributed by atoms with Crippen LogP contribution < -0.4 is 5.32 Å². The number of benzene rings is 1. The van der Waals surface area contributed by atoms with Crippen molar-refractivity contribution in [2.45, 2.75) is 33.2 Å². The fraction of sp³-hybridized carbons (Fsp3) is 0.600. The van der Waals surface area contributed by atoms with Crippen LogP contribution in [-0.4, -0.2) is 19.8 Å². The summed E-state index contributed by atoms with van der Waals surface area (Å²) < 4.78 is 18.5. The molecule has 0 amide bonds. The van der Waals surface area contributed by atoms with Gasteiger partial charge in [-0.2, -0.15) is 0 Å². The highest BCUT2D eigenvalue weighted by atomic mass is 19.1. The molecule has 0 aromatic heterocycles. The zero-order chi connectivity index (χ0) is 13.4. The van der Waals surface area contributed by atoms with E-state index in [2.05, 4.69) is 19.2 Å². The highest BCUT2D eigenvalue weighted by molar-refractivity contribution is 5.19. The van der Waals surface area contributed by atoms with Crippen LogP contribution in [0.2, 0.25) is 0 Å². The maximum atomic E-state index is 13.0. The largest absolute Gasteiger partial charge is 0.381 e. The molecule has 0 saturated carbocycles. The summed E-state index contributed by atoms with van der Waals surface area (Å²) in [6, 6.07) is 6.90. The van der Waals surface area contributed by atoms with Crippen molar-refractivity contribution < 1.29 is 9.13 Å². The lowest BCUT2D eigenvalue weighted by molar-refractivity contribution is 0.107. The van der Waals surface area contributed by atoms with E-state index >= 15 is 0 Å². The zero-order valence-electron chi connectivity index (χ0n) is 11.6. The number of halogens is 1. The van der Waals surface area contributed by atoms with Crippen LogP contribution in [0, 0.1) is 11.7 Å². The summed E-state index contributed by atoms with van der Waals surface area (Å²) in [6.07, 6.45) is 0.979. The van der Waals surface area contributed by atoms with E-state index in [1.165, 1.54) is 6.07 Å². The Morgan fingerprint density at radius 2 is 2.06 bits per heavy atom. The average Bonchev–Trinajstić information content (AvgIpc) is 2.33. The number of ether oxygens (including phenoxy) is 1. The van der Waals surface area contributed by atoms with E-state index in [1.54, 1.807) is 12.1 Å². The highest BCUT2D eigenvalue weighted by Crippen LogP contribution is 2.13. The monoisotopic (exact) mass is 253 g/mol. The number of rotatable bonds is 8. The van der Waals surface area contributed by atoms with Crippen LogP contribution in [0.4, 0.5) is 4.39 Å². The minimum absolute atomic E-state index is 0.172. The Bertz CT molecular complexity index is 341. The normalized spacial score (nSPS) is 12.9. The van der Waals surface area contributed by atoms with Gasteiger partial charge in [0.2, 0.25) is 0 Å². The van der Waals surface area contributed by atoms with E-state index < -0.39 is 0 Å². The Labute approximate surface area is 110 Å². The van der Waals surface area contributed by atoms with Gasteiger partial charge in [0.05, 0.1) is 0 Å². The molecule has 2 nitrogen and oxygen atoms in total. The molecule has 1 atom stereocenters. The first-order valence-electron chi connectivity index (χ1n) is 6.66. The van der Waals surface area contributed by atoms with Crippen molar-refractivity contribution in [1.82, 2.24) is 5.32 Å². The van der Waals surface area contributed by atoms with Crippen molar-refractivity contribution in [2.24, 2.45) is 5.92 Å². The maximum absolute atomic E-state index is 13.0. The third-order valence-electron chi connectivity index (χ3n) is 2.72. The van der Waals surface area contributed by atoms with Crippen molar-refractivity contribution in [3.05, 3.63) is 35.6 Å². The third kappa shape index (κ3) is 6.12. The first-order chi connectivity index (χ1) is 8.59. The standard InChI is InChI=1S/C15H24FNO/c1-12(2)11-18-9-5-8-17-13(3)14-6-4-7-15(16)10-14/h4,6-7,10,12-13,17H,5,8-9,11H2,1-3H3. The average molecular weight is 253 g/mol. The minimum atomic E-state index is -0.179. The molecule has 0 heterocycles. The van der Waals surface area contributed by atoms with Crippen molar-refractivity contribution in [2.75, 3.05) is 19.8 Å². The van der Waals surface area contributed by atoms with Gasteiger partial charge in [-0.05, 0) is 43.5 Å². The van der Waals surface area contributed by atoms with E-state index in [1.807, 2.05) is 13.0 Å². The second-order valence-electron chi connectivity index (χ2n) is 5.05. The number of nitrogens with one attached hydrogen (secondary N) is 1. The SMILES string of the molecule is CC(C)COCCCNC(C)c1cccc(F)c1. The molecule has 0 fully saturated rings. The maximum Gasteiger partial charge on any atom is 0.123 e. The van der Waals surface area contributed by atoms with Gasteiger partial charge in [-0.15, -0.1) is 0 Å². The second kappa shape index (κ2) is 8.22. The molecule has 102 valence electrons. The fourth-order valence-electron chi connectivity index (χ4n) is 1.71. The molecule has 18 heavy (non-hydrogen) atoms. The van der Waals surface area contributed by atoms with Crippen LogP contribution in [0.15, 0.2) is 24.3 Å². The Morgan fingerprint density at radius 1 is 1.28 bits per heavy atom. The second-order valence-corrected chi connectivity index (χ2v) is 5.05. The Kier molecular flexibility index (Phi) is 6.91.